The first-order valence-electron chi connectivity index (χ1n) is 11.5. The van der Waals surface area contributed by atoms with E-state index in [9.17, 15) is 19.8 Å². The monoisotopic (exact) mass is 456 g/mol. The number of phenols is 1. The highest BCUT2D eigenvalue weighted by molar-refractivity contribution is 5.92. The molecule has 1 aromatic carbocycles. The van der Waals surface area contributed by atoms with E-state index in [-0.39, 0.29) is 23.2 Å². The molecule has 0 fully saturated rings. The Kier molecular flexibility index (Phi) is 11.3. The van der Waals surface area contributed by atoms with Crippen LogP contribution in [0, 0.1) is 12.8 Å². The van der Waals surface area contributed by atoms with Gasteiger partial charge in [0.1, 0.15) is 11.5 Å². The Balaban J connectivity index is 2.56. The number of ether oxygens (including phenoxy) is 1. The first kappa shape index (κ1) is 28.4. The predicted molar refractivity (Wildman–Crippen MR) is 134 cm³/mol. The van der Waals surface area contributed by atoms with Crippen LogP contribution >= 0.6 is 0 Å². The van der Waals surface area contributed by atoms with Gasteiger partial charge in [-0.05, 0) is 90.2 Å². The maximum Gasteiger partial charge on any atom is 0.159 e. The maximum absolute atomic E-state index is 12.4. The van der Waals surface area contributed by atoms with Crippen LogP contribution in [0.15, 0.2) is 47.6 Å². The average molecular weight is 457 g/mol. The van der Waals surface area contributed by atoms with Gasteiger partial charge in [0.2, 0.25) is 0 Å². The van der Waals surface area contributed by atoms with Gasteiger partial charge < -0.3 is 14.9 Å². The van der Waals surface area contributed by atoms with Crippen molar-refractivity contribution in [3.8, 4) is 11.5 Å². The van der Waals surface area contributed by atoms with Crippen molar-refractivity contribution in [1.82, 2.24) is 0 Å². The molecule has 0 unspecified atom stereocenters. The maximum atomic E-state index is 12.4. The number of carbonyl (C=O) groups is 2. The van der Waals surface area contributed by atoms with Crippen molar-refractivity contribution in [2.75, 3.05) is 7.11 Å². The van der Waals surface area contributed by atoms with Crippen molar-refractivity contribution in [2.45, 2.75) is 79.2 Å². The van der Waals surface area contributed by atoms with E-state index in [0.717, 1.165) is 47.3 Å². The fraction of sp³-hybridized carbons (Fsp3) is 0.500. The zero-order chi connectivity index (χ0) is 25.2. The van der Waals surface area contributed by atoms with Crippen LogP contribution in [-0.4, -0.2) is 34.5 Å². The summed E-state index contributed by atoms with van der Waals surface area (Å²) in [5, 5.41) is 19.5. The Morgan fingerprint density at radius 3 is 2.45 bits per heavy atom. The van der Waals surface area contributed by atoms with Crippen LogP contribution in [0.3, 0.4) is 0 Å². The molecule has 0 aliphatic heterocycles. The number of carbonyl (C=O) groups excluding carboxylic acids is 2. The van der Waals surface area contributed by atoms with Gasteiger partial charge in [0.15, 0.2) is 11.6 Å². The molecule has 1 rings (SSSR count). The van der Waals surface area contributed by atoms with Gasteiger partial charge in [-0.3, -0.25) is 9.59 Å². The van der Waals surface area contributed by atoms with Gasteiger partial charge >= 0.3 is 0 Å². The van der Waals surface area contributed by atoms with E-state index in [0.29, 0.717) is 12.8 Å². The van der Waals surface area contributed by atoms with E-state index in [1.165, 1.54) is 12.2 Å². The summed E-state index contributed by atoms with van der Waals surface area (Å²) in [5.41, 5.74) is 2.73. The van der Waals surface area contributed by atoms with E-state index < -0.39 is 5.60 Å². The van der Waals surface area contributed by atoms with E-state index in [1.807, 2.05) is 33.8 Å². The second kappa shape index (κ2) is 13.1. The van der Waals surface area contributed by atoms with Crippen LogP contribution in [-0.2, 0) is 16.0 Å². The number of hydrogen-bond acceptors (Lipinski definition) is 5. The lowest BCUT2D eigenvalue weighted by molar-refractivity contribution is -0.118. The highest BCUT2D eigenvalue weighted by Gasteiger charge is 2.13. The Bertz CT molecular complexity index is 913. The second-order valence-corrected chi connectivity index (χ2v) is 9.53. The second-order valence-electron chi connectivity index (χ2n) is 9.53. The summed E-state index contributed by atoms with van der Waals surface area (Å²) >= 11 is 0. The lowest BCUT2D eigenvalue weighted by atomic mass is 9.96. The molecule has 33 heavy (non-hydrogen) atoms. The molecule has 0 amide bonds. The molecule has 0 aliphatic carbocycles. The van der Waals surface area contributed by atoms with Gasteiger partial charge in [-0.15, -0.1) is 0 Å². The molecule has 0 bridgehead atoms. The van der Waals surface area contributed by atoms with Crippen molar-refractivity contribution >= 4 is 11.6 Å². The fourth-order valence-corrected chi connectivity index (χ4v) is 3.58. The van der Waals surface area contributed by atoms with Crippen molar-refractivity contribution in [3.63, 3.8) is 0 Å². The minimum Gasteiger partial charge on any atom is -0.508 e. The molecule has 5 nitrogen and oxygen atoms in total. The van der Waals surface area contributed by atoms with Crippen LogP contribution in [0.1, 0.15) is 71.4 Å². The molecule has 0 aliphatic rings. The Morgan fingerprint density at radius 2 is 1.85 bits per heavy atom. The van der Waals surface area contributed by atoms with Crippen LogP contribution in [0.5, 0.6) is 11.5 Å². The lowest BCUT2D eigenvalue weighted by Crippen LogP contribution is -2.16. The van der Waals surface area contributed by atoms with E-state index in [4.69, 9.17) is 4.74 Å². The van der Waals surface area contributed by atoms with Gasteiger partial charge in [-0.25, -0.2) is 0 Å². The van der Waals surface area contributed by atoms with Gasteiger partial charge in [0, 0.05) is 17.9 Å². The molecule has 1 aromatic rings. The fourth-order valence-electron chi connectivity index (χ4n) is 3.58. The van der Waals surface area contributed by atoms with E-state index >= 15 is 0 Å². The number of rotatable bonds is 13. The number of benzene rings is 1. The van der Waals surface area contributed by atoms with Crippen LogP contribution in [0.25, 0.3) is 0 Å². The van der Waals surface area contributed by atoms with Gasteiger partial charge in [0.25, 0.3) is 0 Å². The Hall–Kier alpha value is -2.66. The molecular formula is C28H40O5. The van der Waals surface area contributed by atoms with Gasteiger partial charge in [-0.1, -0.05) is 30.2 Å². The first-order chi connectivity index (χ1) is 15.3. The summed E-state index contributed by atoms with van der Waals surface area (Å²) in [5.74, 6) is 0.900. The third-order valence-electron chi connectivity index (χ3n) is 5.42. The Morgan fingerprint density at radius 1 is 1.18 bits per heavy atom. The highest BCUT2D eigenvalue weighted by Crippen LogP contribution is 2.29. The quantitative estimate of drug-likeness (QED) is 0.289. The SMILES string of the molecule is COc1c(C)cc(O)cc1CC=C(C)CC(=O)C=C(C)CCC[C@@H](C)C(=O)C=CC(C)(C)O. The van der Waals surface area contributed by atoms with E-state index in [2.05, 4.69) is 0 Å². The minimum absolute atomic E-state index is 0.00848. The number of phenolic OH excluding ortho intramolecular Hbond substituents is 1. The number of aromatic hydroxyl groups is 1. The van der Waals surface area contributed by atoms with Crippen molar-refractivity contribution in [3.05, 3.63) is 58.7 Å². The third-order valence-corrected chi connectivity index (χ3v) is 5.42. The van der Waals surface area contributed by atoms with Crippen molar-refractivity contribution in [2.24, 2.45) is 5.92 Å². The summed E-state index contributed by atoms with van der Waals surface area (Å²) < 4.78 is 5.44. The summed E-state index contributed by atoms with van der Waals surface area (Å²) in [4.78, 5) is 24.5. The number of aliphatic hydroxyl groups is 1. The molecule has 182 valence electrons. The van der Waals surface area contributed by atoms with Crippen molar-refractivity contribution < 1.29 is 24.5 Å². The average Bonchev–Trinajstić information content (AvgIpc) is 2.69. The molecule has 0 radical (unpaired) electrons. The molecule has 2 N–H and O–H groups in total. The molecule has 1 atom stereocenters. The summed E-state index contributed by atoms with van der Waals surface area (Å²) in [6.07, 6.45) is 9.90. The largest absolute Gasteiger partial charge is 0.508 e. The predicted octanol–water partition coefficient (Wildman–Crippen LogP) is 5.81. The number of hydrogen-bond donors (Lipinski definition) is 2. The molecule has 0 saturated carbocycles. The van der Waals surface area contributed by atoms with Gasteiger partial charge in [0.05, 0.1) is 12.7 Å². The zero-order valence-corrected chi connectivity index (χ0v) is 21.2. The number of methoxy groups -OCH3 is 1. The van der Waals surface area contributed by atoms with Crippen LogP contribution in [0.4, 0.5) is 0 Å². The smallest absolute Gasteiger partial charge is 0.159 e. The molecule has 0 spiro atoms. The minimum atomic E-state index is -0.991. The number of allylic oxidation sites excluding steroid dienone is 5. The number of aryl methyl sites for hydroxylation is 1. The standard InChI is InChI=1S/C28H40O5/c1-19(9-8-10-21(3)26(31)13-14-28(5,6)32)15-24(29)16-20(2)11-12-23-18-25(30)17-22(4)27(23)33-7/h11,13-15,17-18,21,30,32H,8-10,12,16H2,1-7H3/t21-/m1/s1. The first-order valence-corrected chi connectivity index (χ1v) is 11.5. The molecule has 0 aromatic heterocycles. The zero-order valence-electron chi connectivity index (χ0n) is 21.2. The van der Waals surface area contributed by atoms with Crippen molar-refractivity contribution in [1.29, 1.82) is 0 Å². The van der Waals surface area contributed by atoms with Crippen LogP contribution < -0.4 is 4.74 Å². The molecule has 0 heterocycles. The highest BCUT2D eigenvalue weighted by atomic mass is 16.5. The molecular weight excluding hydrogens is 416 g/mol. The summed E-state index contributed by atoms with van der Waals surface area (Å²) in [6, 6.07) is 3.35. The summed E-state index contributed by atoms with van der Waals surface area (Å²) in [7, 11) is 1.61. The molecule has 0 saturated heterocycles. The third kappa shape index (κ3) is 11.2. The van der Waals surface area contributed by atoms with E-state index in [1.54, 1.807) is 39.2 Å². The lowest BCUT2D eigenvalue weighted by Gasteiger charge is -2.12. The Labute approximate surface area is 198 Å². The van der Waals surface area contributed by atoms with Gasteiger partial charge in [-0.2, -0.15) is 0 Å². The normalized spacial score (nSPS) is 13.9. The van der Waals surface area contributed by atoms with Crippen LogP contribution in [0.2, 0.25) is 0 Å². The number of ketones is 2. The summed E-state index contributed by atoms with van der Waals surface area (Å²) in [6.45, 7) is 10.9. The molecule has 5 heteroatoms. The topological polar surface area (TPSA) is 83.8 Å².